The van der Waals surface area contributed by atoms with Crippen molar-refractivity contribution in [1.29, 1.82) is 0 Å². The van der Waals surface area contributed by atoms with Crippen molar-refractivity contribution in [3.63, 3.8) is 0 Å². The van der Waals surface area contributed by atoms with Crippen molar-refractivity contribution in [2.24, 2.45) is 0 Å². The molecular formula is C27H25N3O2. The number of aromatic amines is 1. The molecule has 0 spiro atoms. The van der Waals surface area contributed by atoms with Gasteiger partial charge in [-0.15, -0.1) is 0 Å². The van der Waals surface area contributed by atoms with E-state index in [1.807, 2.05) is 67.6 Å². The summed E-state index contributed by atoms with van der Waals surface area (Å²) in [7, 11) is 3.45. The average molecular weight is 424 g/mol. The predicted octanol–water partition coefficient (Wildman–Crippen LogP) is 4.86. The Morgan fingerprint density at radius 2 is 1.59 bits per heavy atom. The summed E-state index contributed by atoms with van der Waals surface area (Å²) in [6, 6.07) is 25.0. The van der Waals surface area contributed by atoms with Crippen molar-refractivity contribution in [3.05, 3.63) is 95.6 Å². The number of para-hydroxylation sites is 1. The van der Waals surface area contributed by atoms with Crippen LogP contribution in [0.4, 0.5) is 0 Å². The lowest BCUT2D eigenvalue weighted by Gasteiger charge is -2.32. The normalized spacial score (nSPS) is 16.3. The van der Waals surface area contributed by atoms with Crippen LogP contribution in [0.1, 0.15) is 34.5 Å². The Bertz CT molecular complexity index is 1320. The summed E-state index contributed by atoms with van der Waals surface area (Å²) in [6.45, 7) is 1.82. The van der Waals surface area contributed by atoms with E-state index in [1.165, 1.54) is 0 Å². The molecule has 160 valence electrons. The molecular weight excluding hydrogens is 398 g/mol. The maximum atomic E-state index is 13.6. The van der Waals surface area contributed by atoms with Gasteiger partial charge in [-0.05, 0) is 30.2 Å². The predicted molar refractivity (Wildman–Crippen MR) is 126 cm³/mol. The maximum Gasteiger partial charge on any atom is 0.255 e. The summed E-state index contributed by atoms with van der Waals surface area (Å²) >= 11 is 0. The van der Waals surface area contributed by atoms with Crippen LogP contribution >= 0.6 is 0 Å². The van der Waals surface area contributed by atoms with Crippen LogP contribution in [0, 0.1) is 0 Å². The van der Waals surface area contributed by atoms with Crippen LogP contribution in [0.25, 0.3) is 22.2 Å². The molecule has 0 aliphatic carbocycles. The van der Waals surface area contributed by atoms with Gasteiger partial charge in [0.15, 0.2) is 0 Å². The molecule has 1 aromatic heterocycles. The largest absolute Gasteiger partial charge is 0.354 e. The van der Waals surface area contributed by atoms with E-state index in [9.17, 15) is 9.59 Å². The average Bonchev–Trinajstić information content (AvgIpc) is 3.34. The van der Waals surface area contributed by atoms with Gasteiger partial charge in [0.25, 0.3) is 5.91 Å². The monoisotopic (exact) mass is 423 g/mol. The van der Waals surface area contributed by atoms with Gasteiger partial charge in [-0.1, -0.05) is 66.7 Å². The fraction of sp³-hybridized carbons (Fsp3) is 0.185. The minimum atomic E-state index is -0.604. The van der Waals surface area contributed by atoms with E-state index in [4.69, 9.17) is 0 Å². The van der Waals surface area contributed by atoms with E-state index in [-0.39, 0.29) is 17.9 Å². The number of carbonyl (C=O) groups excluding carboxylic acids is 2. The first kappa shape index (κ1) is 20.1. The van der Waals surface area contributed by atoms with Crippen LogP contribution in [-0.4, -0.2) is 46.7 Å². The molecule has 2 amide bonds. The Labute approximate surface area is 187 Å². The fourth-order valence-corrected chi connectivity index (χ4v) is 4.80. The van der Waals surface area contributed by atoms with Crippen LogP contribution in [0.3, 0.4) is 0 Å². The highest BCUT2D eigenvalue weighted by Gasteiger charge is 2.44. The third-order valence-corrected chi connectivity index (χ3v) is 6.30. The van der Waals surface area contributed by atoms with Crippen molar-refractivity contribution in [2.75, 3.05) is 14.1 Å². The van der Waals surface area contributed by atoms with Gasteiger partial charge < -0.3 is 14.8 Å². The Hall–Kier alpha value is -3.86. The molecule has 5 heteroatoms. The van der Waals surface area contributed by atoms with Crippen molar-refractivity contribution in [2.45, 2.75) is 19.0 Å². The first-order chi connectivity index (χ1) is 15.5. The minimum Gasteiger partial charge on any atom is -0.354 e. The molecule has 1 aliphatic rings. The van der Waals surface area contributed by atoms with Gasteiger partial charge in [0.2, 0.25) is 5.91 Å². The molecule has 32 heavy (non-hydrogen) atoms. The summed E-state index contributed by atoms with van der Waals surface area (Å²) in [5, 5.41) is 1.05. The molecule has 4 aromatic rings. The molecule has 0 saturated carbocycles. The van der Waals surface area contributed by atoms with Crippen molar-refractivity contribution >= 4 is 22.7 Å². The number of hydrogen-bond acceptors (Lipinski definition) is 2. The van der Waals surface area contributed by atoms with Gasteiger partial charge >= 0.3 is 0 Å². The molecule has 2 heterocycles. The lowest BCUT2D eigenvalue weighted by molar-refractivity contribution is -0.133. The van der Waals surface area contributed by atoms with Crippen LogP contribution in [0.15, 0.2) is 78.9 Å². The Morgan fingerprint density at radius 3 is 2.34 bits per heavy atom. The smallest absolute Gasteiger partial charge is 0.255 e. The second-order valence-corrected chi connectivity index (χ2v) is 8.44. The van der Waals surface area contributed by atoms with Crippen LogP contribution in [-0.2, 0) is 4.79 Å². The van der Waals surface area contributed by atoms with Crippen LogP contribution < -0.4 is 0 Å². The number of nitrogens with zero attached hydrogens (tertiary/aromatic N) is 2. The lowest BCUT2D eigenvalue weighted by Crippen LogP contribution is -2.46. The number of nitrogens with one attached hydrogen (secondary N) is 1. The van der Waals surface area contributed by atoms with Crippen LogP contribution in [0.5, 0.6) is 0 Å². The van der Waals surface area contributed by atoms with Gasteiger partial charge in [-0.3, -0.25) is 9.59 Å². The van der Waals surface area contributed by atoms with Crippen molar-refractivity contribution in [1.82, 2.24) is 14.8 Å². The third kappa shape index (κ3) is 3.01. The van der Waals surface area contributed by atoms with E-state index in [2.05, 4.69) is 23.2 Å². The highest BCUT2D eigenvalue weighted by Crippen LogP contribution is 2.46. The molecule has 0 saturated heterocycles. The quantitative estimate of drug-likeness (QED) is 0.510. The number of fused-ring (bicyclic) bond motifs is 2. The topological polar surface area (TPSA) is 56.4 Å². The van der Waals surface area contributed by atoms with Gasteiger partial charge in [0.05, 0.1) is 11.7 Å². The number of hydrogen-bond donors (Lipinski definition) is 1. The van der Waals surface area contributed by atoms with Crippen molar-refractivity contribution < 1.29 is 9.59 Å². The summed E-state index contributed by atoms with van der Waals surface area (Å²) in [4.78, 5) is 33.5. The Balaban J connectivity index is 1.80. The number of likely N-dealkylation sites (N-methyl/N-ethyl adjacent to an activating group) is 1. The number of carbonyl (C=O) groups is 2. The number of aromatic nitrogens is 1. The fourth-order valence-electron chi connectivity index (χ4n) is 4.80. The van der Waals surface area contributed by atoms with E-state index in [0.29, 0.717) is 5.56 Å². The maximum absolute atomic E-state index is 13.6. The Kier molecular flexibility index (Phi) is 4.82. The molecule has 5 nitrogen and oxygen atoms in total. The summed E-state index contributed by atoms with van der Waals surface area (Å²) in [6.07, 6.45) is 0. The van der Waals surface area contributed by atoms with Gasteiger partial charge in [-0.2, -0.15) is 0 Å². The number of H-pyrrole nitrogens is 1. The van der Waals surface area contributed by atoms with Gasteiger partial charge in [-0.25, -0.2) is 0 Å². The molecule has 3 aromatic carbocycles. The minimum absolute atomic E-state index is 0.0998. The number of benzene rings is 3. The van der Waals surface area contributed by atoms with E-state index < -0.39 is 6.04 Å². The zero-order valence-corrected chi connectivity index (χ0v) is 18.4. The molecule has 2 atom stereocenters. The highest BCUT2D eigenvalue weighted by molar-refractivity contribution is 6.04. The number of rotatable bonds is 4. The SMILES string of the molecule is C[C@@H](C(=O)N(C)C)N1C(=O)c2ccccc2[C@H]1c1c(-c2ccccc2)[nH]c2ccccc12. The summed E-state index contributed by atoms with van der Waals surface area (Å²) < 4.78 is 0. The number of amides is 2. The first-order valence-corrected chi connectivity index (χ1v) is 10.8. The second-order valence-electron chi connectivity index (χ2n) is 8.44. The van der Waals surface area contributed by atoms with E-state index >= 15 is 0 Å². The highest BCUT2D eigenvalue weighted by atomic mass is 16.2. The molecule has 1 aliphatic heterocycles. The second kappa shape index (κ2) is 7.68. The molecule has 0 fully saturated rings. The van der Waals surface area contributed by atoms with Crippen LogP contribution in [0.2, 0.25) is 0 Å². The first-order valence-electron chi connectivity index (χ1n) is 10.8. The summed E-state index contributed by atoms with van der Waals surface area (Å²) in [5.41, 5.74) is 5.61. The Morgan fingerprint density at radius 1 is 0.938 bits per heavy atom. The molecule has 1 N–H and O–H groups in total. The standard InChI is InChI=1S/C27H25N3O2/c1-17(26(31)29(2)3)30-25(19-13-7-8-14-20(19)27(30)32)23-21-15-9-10-16-22(21)28-24(23)18-11-5-4-6-12-18/h4-17,25,28H,1-3H3/t17-,25-/m0/s1. The van der Waals surface area contributed by atoms with E-state index in [0.717, 1.165) is 33.3 Å². The zero-order valence-electron chi connectivity index (χ0n) is 18.4. The summed E-state index contributed by atoms with van der Waals surface area (Å²) in [5.74, 6) is -0.213. The van der Waals surface area contributed by atoms with E-state index in [1.54, 1.807) is 23.9 Å². The molecule has 0 radical (unpaired) electrons. The van der Waals surface area contributed by atoms with Crippen molar-refractivity contribution in [3.8, 4) is 11.3 Å². The third-order valence-electron chi connectivity index (χ3n) is 6.30. The lowest BCUT2D eigenvalue weighted by atomic mass is 9.92. The zero-order chi connectivity index (χ0) is 22.4. The van der Waals surface area contributed by atoms with Gasteiger partial charge in [0, 0.05) is 36.1 Å². The molecule has 0 bridgehead atoms. The molecule has 0 unspecified atom stereocenters. The van der Waals surface area contributed by atoms with Gasteiger partial charge in [0.1, 0.15) is 6.04 Å². The molecule has 5 rings (SSSR count).